The second kappa shape index (κ2) is 8.55. The molecule has 180 valence electrons. The van der Waals surface area contributed by atoms with E-state index < -0.39 is 0 Å². The van der Waals surface area contributed by atoms with Crippen molar-refractivity contribution < 1.29 is 14.7 Å². The summed E-state index contributed by atoms with van der Waals surface area (Å²) in [5.74, 6) is 1.01. The summed E-state index contributed by atoms with van der Waals surface area (Å²) in [6.07, 6.45) is 5.33. The summed E-state index contributed by atoms with van der Waals surface area (Å²) in [4.78, 5) is 28.8. The van der Waals surface area contributed by atoms with Gasteiger partial charge in [-0.3, -0.25) is 9.59 Å². The fourth-order valence-electron chi connectivity index (χ4n) is 7.03. The SMILES string of the molecule is CC1(C)[C@H]2Cc3c(O)cccc3[C@]1(C)CCN2C(=O)C1CCC(C(=O)Cc2ccccc2)CC1. The van der Waals surface area contributed by atoms with Gasteiger partial charge in [0, 0.05) is 36.3 Å². The zero-order valence-corrected chi connectivity index (χ0v) is 20.7. The molecule has 1 amide bonds. The molecule has 1 saturated heterocycles. The number of benzene rings is 2. The number of ketones is 1. The number of Topliss-reactive ketones (excluding diaryl/α,β-unsaturated/α-hetero) is 1. The summed E-state index contributed by atoms with van der Waals surface area (Å²) in [6, 6.07) is 15.9. The lowest BCUT2D eigenvalue weighted by Crippen LogP contribution is -2.65. The number of piperidine rings is 1. The zero-order chi connectivity index (χ0) is 24.1. The number of carbonyl (C=O) groups is 2. The Balaban J connectivity index is 1.28. The van der Waals surface area contributed by atoms with Crippen molar-refractivity contribution in [2.75, 3.05) is 6.54 Å². The molecule has 2 aromatic rings. The maximum atomic E-state index is 13.8. The van der Waals surface area contributed by atoms with Gasteiger partial charge in [-0.1, -0.05) is 63.2 Å². The van der Waals surface area contributed by atoms with Crippen LogP contribution in [0.5, 0.6) is 5.75 Å². The van der Waals surface area contributed by atoms with Crippen molar-refractivity contribution >= 4 is 11.7 Å². The maximum Gasteiger partial charge on any atom is 0.225 e. The number of aromatic hydroxyl groups is 1. The van der Waals surface area contributed by atoms with Crippen molar-refractivity contribution in [1.82, 2.24) is 4.90 Å². The molecule has 1 heterocycles. The molecule has 4 heteroatoms. The first kappa shape index (κ1) is 23.1. The highest BCUT2D eigenvalue weighted by atomic mass is 16.3. The smallest absolute Gasteiger partial charge is 0.225 e. The first-order valence-electron chi connectivity index (χ1n) is 12.9. The molecule has 1 aliphatic heterocycles. The van der Waals surface area contributed by atoms with Gasteiger partial charge >= 0.3 is 0 Å². The van der Waals surface area contributed by atoms with Gasteiger partial charge in [0.2, 0.25) is 5.91 Å². The summed E-state index contributed by atoms with van der Waals surface area (Å²) in [5.41, 5.74) is 3.19. The molecule has 3 aliphatic rings. The molecule has 4 nitrogen and oxygen atoms in total. The summed E-state index contributed by atoms with van der Waals surface area (Å²) in [6.45, 7) is 7.67. The second-order valence-electron chi connectivity index (χ2n) is 11.5. The number of hydrogen-bond acceptors (Lipinski definition) is 3. The molecule has 2 aliphatic carbocycles. The first-order chi connectivity index (χ1) is 16.2. The third-order valence-electron chi connectivity index (χ3n) is 9.66. The van der Waals surface area contributed by atoms with E-state index in [1.807, 2.05) is 36.4 Å². The summed E-state index contributed by atoms with van der Waals surface area (Å²) in [5, 5.41) is 10.6. The van der Waals surface area contributed by atoms with Crippen LogP contribution in [0.1, 0.15) is 69.6 Å². The van der Waals surface area contributed by atoms with E-state index in [1.54, 1.807) is 6.07 Å². The van der Waals surface area contributed by atoms with Crippen LogP contribution in [0, 0.1) is 17.3 Å². The van der Waals surface area contributed by atoms with E-state index in [0.29, 0.717) is 24.4 Å². The number of hydrogen-bond donors (Lipinski definition) is 1. The highest BCUT2D eigenvalue weighted by Gasteiger charge is 2.57. The Bertz CT molecular complexity index is 1080. The van der Waals surface area contributed by atoms with Crippen molar-refractivity contribution in [2.24, 2.45) is 17.3 Å². The van der Waals surface area contributed by atoms with Crippen LogP contribution in [0.4, 0.5) is 0 Å². The Kier molecular flexibility index (Phi) is 5.82. The molecule has 1 saturated carbocycles. The number of carbonyl (C=O) groups excluding carboxylic acids is 2. The van der Waals surface area contributed by atoms with Gasteiger partial charge in [0.1, 0.15) is 11.5 Å². The number of fused-ring (bicyclic) bond motifs is 4. The monoisotopic (exact) mass is 459 g/mol. The minimum absolute atomic E-state index is 0.00620. The van der Waals surface area contributed by atoms with Gasteiger partial charge in [-0.25, -0.2) is 0 Å². The lowest BCUT2D eigenvalue weighted by Gasteiger charge is -2.61. The molecule has 2 atom stereocenters. The summed E-state index contributed by atoms with van der Waals surface area (Å²) < 4.78 is 0. The van der Waals surface area contributed by atoms with E-state index in [0.717, 1.165) is 49.8 Å². The Labute approximate surface area is 203 Å². The molecular formula is C30H37NO3. The minimum Gasteiger partial charge on any atom is -0.508 e. The van der Waals surface area contributed by atoms with E-state index >= 15 is 0 Å². The van der Waals surface area contributed by atoms with Crippen LogP contribution in [0.15, 0.2) is 48.5 Å². The van der Waals surface area contributed by atoms with E-state index in [2.05, 4.69) is 31.7 Å². The molecule has 34 heavy (non-hydrogen) atoms. The van der Waals surface area contributed by atoms with Crippen LogP contribution in [0.3, 0.4) is 0 Å². The molecule has 2 bridgehead atoms. The van der Waals surface area contributed by atoms with Crippen molar-refractivity contribution in [3.05, 3.63) is 65.2 Å². The van der Waals surface area contributed by atoms with E-state index in [1.165, 1.54) is 5.56 Å². The van der Waals surface area contributed by atoms with E-state index in [-0.39, 0.29) is 34.6 Å². The van der Waals surface area contributed by atoms with Crippen LogP contribution in [0.25, 0.3) is 0 Å². The molecular weight excluding hydrogens is 422 g/mol. The third kappa shape index (κ3) is 3.66. The fourth-order valence-corrected chi connectivity index (χ4v) is 7.03. The predicted octanol–water partition coefficient (Wildman–Crippen LogP) is 5.45. The van der Waals surface area contributed by atoms with Crippen LogP contribution in [-0.2, 0) is 27.8 Å². The molecule has 5 rings (SSSR count). The third-order valence-corrected chi connectivity index (χ3v) is 9.66. The van der Waals surface area contributed by atoms with Crippen LogP contribution in [0.2, 0.25) is 0 Å². The lowest BCUT2D eigenvalue weighted by atomic mass is 9.51. The largest absolute Gasteiger partial charge is 0.508 e. The molecule has 0 unspecified atom stereocenters. The first-order valence-corrected chi connectivity index (χ1v) is 12.9. The van der Waals surface area contributed by atoms with Crippen molar-refractivity contribution in [3.8, 4) is 5.75 Å². The highest BCUT2D eigenvalue weighted by molar-refractivity contribution is 5.84. The molecule has 0 radical (unpaired) electrons. The average molecular weight is 460 g/mol. The molecule has 0 spiro atoms. The van der Waals surface area contributed by atoms with Gasteiger partial charge in [-0.2, -0.15) is 0 Å². The summed E-state index contributed by atoms with van der Waals surface area (Å²) in [7, 11) is 0. The van der Waals surface area contributed by atoms with Crippen LogP contribution < -0.4 is 0 Å². The highest BCUT2D eigenvalue weighted by Crippen LogP contribution is 2.57. The van der Waals surface area contributed by atoms with Gasteiger partial charge in [-0.05, 0) is 66.7 Å². The van der Waals surface area contributed by atoms with Crippen molar-refractivity contribution in [1.29, 1.82) is 0 Å². The van der Waals surface area contributed by atoms with Gasteiger partial charge in [0.05, 0.1) is 0 Å². The fraction of sp³-hybridized carbons (Fsp3) is 0.533. The van der Waals surface area contributed by atoms with Gasteiger partial charge in [0.15, 0.2) is 0 Å². The lowest BCUT2D eigenvalue weighted by molar-refractivity contribution is -0.150. The molecule has 2 fully saturated rings. The quantitative estimate of drug-likeness (QED) is 0.661. The maximum absolute atomic E-state index is 13.8. The molecule has 0 aromatic heterocycles. The Morgan fingerprint density at radius 1 is 0.941 bits per heavy atom. The Morgan fingerprint density at radius 2 is 1.62 bits per heavy atom. The molecule has 1 N–H and O–H groups in total. The minimum atomic E-state index is -0.0788. The summed E-state index contributed by atoms with van der Waals surface area (Å²) >= 11 is 0. The average Bonchev–Trinajstić information content (AvgIpc) is 2.82. The predicted molar refractivity (Wildman–Crippen MR) is 134 cm³/mol. The number of rotatable bonds is 4. The van der Waals surface area contributed by atoms with E-state index in [4.69, 9.17) is 0 Å². The Hall–Kier alpha value is -2.62. The number of phenols is 1. The standard InChI is InChI=1S/C30H37NO3/c1-29(2)27-19-23-24(10-7-11-25(23)32)30(29,3)16-17-31(27)28(34)22-14-12-21(13-15-22)26(33)18-20-8-5-4-6-9-20/h4-11,21-22,27,32H,12-19H2,1-3H3/t21?,22?,27-,30+/m1/s1. The van der Waals surface area contributed by atoms with Crippen molar-refractivity contribution in [3.63, 3.8) is 0 Å². The van der Waals surface area contributed by atoms with E-state index in [9.17, 15) is 14.7 Å². The second-order valence-corrected chi connectivity index (χ2v) is 11.5. The van der Waals surface area contributed by atoms with Gasteiger partial charge in [0.25, 0.3) is 0 Å². The van der Waals surface area contributed by atoms with Gasteiger partial charge in [-0.15, -0.1) is 0 Å². The van der Waals surface area contributed by atoms with Crippen LogP contribution in [-0.4, -0.2) is 34.3 Å². The zero-order valence-electron chi connectivity index (χ0n) is 20.7. The molecule has 2 aromatic carbocycles. The normalized spacial score (nSPS) is 29.9. The Morgan fingerprint density at radius 3 is 2.32 bits per heavy atom. The van der Waals surface area contributed by atoms with Gasteiger partial charge < -0.3 is 10.0 Å². The number of likely N-dealkylation sites (tertiary alicyclic amines) is 1. The topological polar surface area (TPSA) is 57.6 Å². The van der Waals surface area contributed by atoms with Crippen LogP contribution >= 0.6 is 0 Å². The number of amides is 1. The van der Waals surface area contributed by atoms with Crippen molar-refractivity contribution in [2.45, 2.75) is 77.2 Å². The number of phenolic OH excluding ortho intramolecular Hbond substituents is 1. The number of nitrogens with zero attached hydrogens (tertiary/aromatic N) is 1.